The quantitative estimate of drug-likeness (QED) is 0.690. The third kappa shape index (κ3) is 2.57. The van der Waals surface area contributed by atoms with Crippen LogP contribution in [-0.2, 0) is 6.61 Å². The van der Waals surface area contributed by atoms with Gasteiger partial charge in [-0.25, -0.2) is 9.97 Å². The van der Waals surface area contributed by atoms with Crippen molar-refractivity contribution >= 4 is 33.2 Å². The summed E-state index contributed by atoms with van der Waals surface area (Å²) in [5.74, 6) is 1.20. The molecule has 0 spiro atoms. The fraction of sp³-hybridized carbons (Fsp3) is 0.0714. The van der Waals surface area contributed by atoms with Gasteiger partial charge in [0, 0.05) is 5.39 Å². The molecular formula is C14H8ClN3OS. The van der Waals surface area contributed by atoms with E-state index in [9.17, 15) is 0 Å². The highest BCUT2D eigenvalue weighted by atomic mass is 35.5. The molecule has 0 bridgehead atoms. The first-order valence-corrected chi connectivity index (χ1v) is 7.04. The Hall–Kier alpha value is -2.16. The van der Waals surface area contributed by atoms with Crippen LogP contribution in [0.2, 0.25) is 5.15 Å². The molecule has 3 rings (SSSR count). The number of hydrogen-bond acceptors (Lipinski definition) is 5. The standard InChI is InChI=1S/C14H8ClN3OS/c15-13-11-5-6-20-14(11)18-12(17-13)8-19-10-3-1-9(7-16)2-4-10/h1-6H,8H2. The van der Waals surface area contributed by atoms with Gasteiger partial charge in [0.2, 0.25) is 0 Å². The second-order valence-electron chi connectivity index (χ2n) is 3.99. The lowest BCUT2D eigenvalue weighted by Crippen LogP contribution is -2.01. The van der Waals surface area contributed by atoms with Gasteiger partial charge in [-0.1, -0.05) is 11.6 Å². The van der Waals surface area contributed by atoms with E-state index in [0.717, 1.165) is 10.2 Å². The number of hydrogen-bond donors (Lipinski definition) is 0. The predicted octanol–water partition coefficient (Wildman–Crippen LogP) is 3.80. The van der Waals surface area contributed by atoms with Crippen LogP contribution >= 0.6 is 22.9 Å². The van der Waals surface area contributed by atoms with E-state index in [1.165, 1.54) is 11.3 Å². The molecular weight excluding hydrogens is 294 g/mol. The molecule has 6 heteroatoms. The molecule has 0 aliphatic rings. The van der Waals surface area contributed by atoms with Crippen molar-refractivity contribution in [2.75, 3.05) is 0 Å². The molecule has 0 fully saturated rings. The molecule has 0 radical (unpaired) electrons. The second kappa shape index (κ2) is 5.45. The molecule has 2 aromatic heterocycles. The van der Waals surface area contributed by atoms with Crippen LogP contribution in [0.4, 0.5) is 0 Å². The molecule has 1 aromatic carbocycles. The maximum Gasteiger partial charge on any atom is 0.169 e. The average Bonchev–Trinajstić information content (AvgIpc) is 2.94. The van der Waals surface area contributed by atoms with Crippen molar-refractivity contribution in [3.63, 3.8) is 0 Å². The summed E-state index contributed by atoms with van der Waals surface area (Å²) in [5.41, 5.74) is 0.594. The van der Waals surface area contributed by atoms with E-state index in [1.807, 2.05) is 11.4 Å². The number of benzene rings is 1. The number of nitrogens with zero attached hydrogens (tertiary/aromatic N) is 3. The largest absolute Gasteiger partial charge is 0.486 e. The Bertz CT molecular complexity index is 792. The van der Waals surface area contributed by atoms with Crippen LogP contribution in [-0.4, -0.2) is 9.97 Å². The van der Waals surface area contributed by atoms with Crippen LogP contribution in [0.15, 0.2) is 35.7 Å². The zero-order valence-corrected chi connectivity index (χ0v) is 11.8. The smallest absolute Gasteiger partial charge is 0.169 e. The Kier molecular flexibility index (Phi) is 3.50. The highest BCUT2D eigenvalue weighted by Crippen LogP contribution is 2.25. The number of halogens is 1. The predicted molar refractivity (Wildman–Crippen MR) is 77.9 cm³/mol. The van der Waals surface area contributed by atoms with E-state index in [4.69, 9.17) is 21.6 Å². The SMILES string of the molecule is N#Cc1ccc(OCc2nc(Cl)c3ccsc3n2)cc1. The van der Waals surface area contributed by atoms with Crippen molar-refractivity contribution in [3.8, 4) is 11.8 Å². The highest BCUT2D eigenvalue weighted by Gasteiger charge is 2.07. The van der Waals surface area contributed by atoms with E-state index < -0.39 is 0 Å². The number of nitriles is 1. The maximum absolute atomic E-state index is 8.72. The van der Waals surface area contributed by atoms with Crippen LogP contribution < -0.4 is 4.74 Å². The summed E-state index contributed by atoms with van der Waals surface area (Å²) in [6.07, 6.45) is 0. The summed E-state index contributed by atoms with van der Waals surface area (Å²) in [6, 6.07) is 10.8. The highest BCUT2D eigenvalue weighted by molar-refractivity contribution is 7.16. The molecule has 0 amide bonds. The summed E-state index contributed by atoms with van der Waals surface area (Å²) < 4.78 is 5.58. The summed E-state index contributed by atoms with van der Waals surface area (Å²) in [7, 11) is 0. The van der Waals surface area contributed by atoms with Gasteiger partial charge in [0.05, 0.1) is 11.6 Å². The molecule has 0 aliphatic carbocycles. The Balaban J connectivity index is 1.77. The molecule has 0 N–H and O–H groups in total. The van der Waals surface area contributed by atoms with Crippen molar-refractivity contribution in [2.45, 2.75) is 6.61 Å². The Morgan fingerprint density at radius 2 is 2.00 bits per heavy atom. The summed E-state index contributed by atoms with van der Waals surface area (Å²) in [5, 5.41) is 11.9. The van der Waals surface area contributed by atoms with E-state index in [1.54, 1.807) is 24.3 Å². The molecule has 0 atom stereocenters. The Morgan fingerprint density at radius 3 is 2.75 bits per heavy atom. The zero-order valence-electron chi connectivity index (χ0n) is 10.2. The first kappa shape index (κ1) is 12.9. The minimum atomic E-state index is 0.236. The number of rotatable bonds is 3. The molecule has 98 valence electrons. The molecule has 3 aromatic rings. The number of aromatic nitrogens is 2. The van der Waals surface area contributed by atoms with Gasteiger partial charge in [0.15, 0.2) is 5.82 Å². The fourth-order valence-electron chi connectivity index (χ4n) is 1.70. The second-order valence-corrected chi connectivity index (χ2v) is 5.25. The lowest BCUT2D eigenvalue weighted by atomic mass is 10.2. The normalized spacial score (nSPS) is 10.4. The van der Waals surface area contributed by atoms with Crippen LogP contribution in [0, 0.1) is 11.3 Å². The number of fused-ring (bicyclic) bond motifs is 1. The molecule has 20 heavy (non-hydrogen) atoms. The monoisotopic (exact) mass is 301 g/mol. The van der Waals surface area contributed by atoms with Gasteiger partial charge in [0.1, 0.15) is 22.3 Å². The van der Waals surface area contributed by atoms with Gasteiger partial charge in [-0.15, -0.1) is 11.3 Å². The minimum Gasteiger partial charge on any atom is -0.486 e. The van der Waals surface area contributed by atoms with Crippen molar-refractivity contribution in [1.82, 2.24) is 9.97 Å². The number of ether oxygens (including phenoxy) is 1. The molecule has 0 unspecified atom stereocenters. The minimum absolute atomic E-state index is 0.236. The van der Waals surface area contributed by atoms with Crippen molar-refractivity contribution in [2.24, 2.45) is 0 Å². The average molecular weight is 302 g/mol. The zero-order chi connectivity index (χ0) is 13.9. The van der Waals surface area contributed by atoms with Gasteiger partial charge in [-0.2, -0.15) is 5.26 Å². The van der Waals surface area contributed by atoms with Crippen LogP contribution in [0.1, 0.15) is 11.4 Å². The first-order valence-electron chi connectivity index (χ1n) is 5.79. The van der Waals surface area contributed by atoms with E-state index in [-0.39, 0.29) is 6.61 Å². The molecule has 2 heterocycles. The maximum atomic E-state index is 8.72. The summed E-state index contributed by atoms with van der Waals surface area (Å²) >= 11 is 7.60. The van der Waals surface area contributed by atoms with Crippen molar-refractivity contribution in [1.29, 1.82) is 5.26 Å². The third-order valence-corrected chi connectivity index (χ3v) is 3.77. The van der Waals surface area contributed by atoms with Gasteiger partial charge >= 0.3 is 0 Å². The van der Waals surface area contributed by atoms with Crippen LogP contribution in [0.3, 0.4) is 0 Å². The van der Waals surface area contributed by atoms with Crippen molar-refractivity contribution in [3.05, 3.63) is 52.3 Å². The van der Waals surface area contributed by atoms with Gasteiger partial charge in [-0.3, -0.25) is 0 Å². The molecule has 0 aliphatic heterocycles. The van der Waals surface area contributed by atoms with Crippen molar-refractivity contribution < 1.29 is 4.74 Å². The Labute approximate surface area is 124 Å². The fourth-order valence-corrected chi connectivity index (χ4v) is 2.79. The van der Waals surface area contributed by atoms with Gasteiger partial charge < -0.3 is 4.74 Å². The topological polar surface area (TPSA) is 58.8 Å². The van der Waals surface area contributed by atoms with Crippen LogP contribution in [0.25, 0.3) is 10.2 Å². The Morgan fingerprint density at radius 1 is 1.20 bits per heavy atom. The molecule has 0 saturated heterocycles. The van der Waals surface area contributed by atoms with E-state index in [2.05, 4.69) is 16.0 Å². The molecule has 0 saturated carbocycles. The lowest BCUT2D eigenvalue weighted by Gasteiger charge is -2.05. The number of thiophene rings is 1. The summed E-state index contributed by atoms with van der Waals surface area (Å²) in [4.78, 5) is 9.45. The van der Waals surface area contributed by atoms with Crippen LogP contribution in [0.5, 0.6) is 5.75 Å². The lowest BCUT2D eigenvalue weighted by molar-refractivity contribution is 0.296. The van der Waals surface area contributed by atoms with Gasteiger partial charge in [-0.05, 0) is 35.7 Å². The third-order valence-electron chi connectivity index (χ3n) is 2.68. The first-order chi connectivity index (χ1) is 9.76. The van der Waals surface area contributed by atoms with E-state index >= 15 is 0 Å². The van der Waals surface area contributed by atoms with E-state index in [0.29, 0.717) is 22.3 Å². The van der Waals surface area contributed by atoms with Gasteiger partial charge in [0.25, 0.3) is 0 Å². The molecule has 4 nitrogen and oxygen atoms in total. The summed E-state index contributed by atoms with van der Waals surface area (Å²) in [6.45, 7) is 0.236.